The molecule has 2 aromatic heterocycles. The van der Waals surface area contributed by atoms with Gasteiger partial charge >= 0.3 is 6.18 Å². The minimum Gasteiger partial charge on any atom is -0.390 e. The summed E-state index contributed by atoms with van der Waals surface area (Å²) in [6.45, 7) is 0.361. The molecule has 2 heterocycles. The van der Waals surface area contributed by atoms with Crippen molar-refractivity contribution in [2.75, 3.05) is 0 Å². The van der Waals surface area contributed by atoms with Crippen LogP contribution in [-0.4, -0.2) is 26.4 Å². The summed E-state index contributed by atoms with van der Waals surface area (Å²) in [7, 11) is 0. The van der Waals surface area contributed by atoms with Crippen molar-refractivity contribution >= 4 is 21.6 Å². The standard InChI is InChI=1S/C25H22F3N3O2S/c1-23(33)11-24(29,12-23)17-9-7-16(8-10-17)20-18(15-5-3-2-4-6-15)19-21(34-20)30-14-31(22(19)32)13-25(26,27)28/h2-10,14,33H,11-13,29H2,1H3/t23-,24-. The van der Waals surface area contributed by atoms with Gasteiger partial charge in [-0.05, 0) is 36.5 Å². The van der Waals surface area contributed by atoms with E-state index in [1.807, 2.05) is 54.6 Å². The lowest BCUT2D eigenvalue weighted by molar-refractivity contribution is -0.141. The fraction of sp³-hybridized carbons (Fsp3) is 0.280. The Balaban J connectivity index is 1.66. The molecule has 0 atom stereocenters. The molecule has 4 aromatic rings. The van der Waals surface area contributed by atoms with E-state index in [9.17, 15) is 23.1 Å². The number of halogens is 3. The molecule has 5 nitrogen and oxygen atoms in total. The Morgan fingerprint density at radius 3 is 2.32 bits per heavy atom. The van der Waals surface area contributed by atoms with Gasteiger partial charge in [0.05, 0.1) is 17.3 Å². The Hall–Kier alpha value is -3.01. The highest BCUT2D eigenvalue weighted by molar-refractivity contribution is 7.22. The summed E-state index contributed by atoms with van der Waals surface area (Å²) in [6.07, 6.45) is -2.66. The monoisotopic (exact) mass is 485 g/mol. The number of benzene rings is 2. The van der Waals surface area contributed by atoms with Gasteiger partial charge < -0.3 is 10.8 Å². The normalized spacial score (nSPS) is 22.6. The molecule has 0 amide bonds. The smallest absolute Gasteiger partial charge is 0.390 e. The molecule has 0 spiro atoms. The third-order valence-corrected chi connectivity index (χ3v) is 7.35. The van der Waals surface area contributed by atoms with E-state index in [4.69, 9.17) is 5.73 Å². The lowest BCUT2D eigenvalue weighted by atomic mass is 9.63. The van der Waals surface area contributed by atoms with Crippen LogP contribution in [0.15, 0.2) is 65.7 Å². The molecular formula is C25H22F3N3O2S. The predicted octanol–water partition coefficient (Wildman–Crippen LogP) is 5.05. The molecule has 1 saturated carbocycles. The number of alkyl halides is 3. The molecule has 3 N–H and O–H groups in total. The van der Waals surface area contributed by atoms with Crippen molar-refractivity contribution < 1.29 is 18.3 Å². The van der Waals surface area contributed by atoms with Crippen LogP contribution in [-0.2, 0) is 12.1 Å². The maximum Gasteiger partial charge on any atom is 0.406 e. The van der Waals surface area contributed by atoms with Crippen molar-refractivity contribution in [1.82, 2.24) is 9.55 Å². The van der Waals surface area contributed by atoms with Crippen LogP contribution in [0.25, 0.3) is 31.8 Å². The zero-order valence-electron chi connectivity index (χ0n) is 18.3. The summed E-state index contributed by atoms with van der Waals surface area (Å²) in [4.78, 5) is 18.4. The number of hydrogen-bond donors (Lipinski definition) is 2. The van der Waals surface area contributed by atoms with Gasteiger partial charge in [-0.2, -0.15) is 13.2 Å². The maximum absolute atomic E-state index is 13.1. The molecule has 0 saturated heterocycles. The number of hydrogen-bond acceptors (Lipinski definition) is 5. The Labute approximate surface area is 197 Å². The van der Waals surface area contributed by atoms with Crippen LogP contribution in [0.1, 0.15) is 25.3 Å². The minimum atomic E-state index is -4.54. The molecule has 2 aromatic carbocycles. The number of nitrogens with two attached hydrogens (primary N) is 1. The van der Waals surface area contributed by atoms with Gasteiger partial charge in [-0.1, -0.05) is 54.6 Å². The van der Waals surface area contributed by atoms with Crippen LogP contribution in [0.2, 0.25) is 0 Å². The Bertz CT molecular complexity index is 1420. The first kappa shape index (κ1) is 22.8. The molecule has 1 fully saturated rings. The van der Waals surface area contributed by atoms with Crippen molar-refractivity contribution in [3.8, 4) is 21.6 Å². The van der Waals surface area contributed by atoms with Gasteiger partial charge in [0.25, 0.3) is 5.56 Å². The fourth-order valence-electron chi connectivity index (χ4n) is 4.88. The largest absolute Gasteiger partial charge is 0.406 e. The van der Waals surface area contributed by atoms with Crippen LogP contribution in [0, 0.1) is 0 Å². The highest BCUT2D eigenvalue weighted by Crippen LogP contribution is 2.47. The molecular weight excluding hydrogens is 463 g/mol. The number of fused-ring (bicyclic) bond motifs is 1. The quantitative estimate of drug-likeness (QED) is 0.424. The number of nitrogens with zero attached hydrogens (tertiary/aromatic N) is 2. The van der Waals surface area contributed by atoms with Gasteiger partial charge in [0.15, 0.2) is 0 Å². The van der Waals surface area contributed by atoms with E-state index in [2.05, 4.69) is 4.98 Å². The first-order valence-electron chi connectivity index (χ1n) is 10.7. The number of aliphatic hydroxyl groups is 1. The molecule has 176 valence electrons. The van der Waals surface area contributed by atoms with Gasteiger partial charge in [0.1, 0.15) is 11.4 Å². The number of rotatable bonds is 4. The van der Waals surface area contributed by atoms with Crippen LogP contribution in [0.5, 0.6) is 0 Å². The zero-order chi connectivity index (χ0) is 24.3. The fourth-order valence-corrected chi connectivity index (χ4v) is 6.04. The molecule has 9 heteroatoms. The van der Waals surface area contributed by atoms with Crippen molar-refractivity contribution in [3.63, 3.8) is 0 Å². The van der Waals surface area contributed by atoms with Gasteiger partial charge in [-0.25, -0.2) is 4.98 Å². The molecule has 1 aliphatic carbocycles. The second-order valence-electron chi connectivity index (χ2n) is 9.23. The van der Waals surface area contributed by atoms with E-state index in [1.165, 1.54) is 11.3 Å². The highest BCUT2D eigenvalue weighted by atomic mass is 32.1. The minimum absolute atomic E-state index is 0.173. The number of aromatic nitrogens is 2. The van der Waals surface area contributed by atoms with E-state index >= 15 is 0 Å². The van der Waals surface area contributed by atoms with Crippen LogP contribution >= 0.6 is 11.3 Å². The predicted molar refractivity (Wildman–Crippen MR) is 127 cm³/mol. The van der Waals surface area contributed by atoms with E-state index in [0.29, 0.717) is 27.8 Å². The third kappa shape index (κ3) is 4.04. The maximum atomic E-state index is 13.1. The topological polar surface area (TPSA) is 81.1 Å². The van der Waals surface area contributed by atoms with Gasteiger partial charge in [-0.15, -0.1) is 11.3 Å². The molecule has 5 rings (SSSR count). The highest BCUT2D eigenvalue weighted by Gasteiger charge is 2.49. The second kappa shape index (κ2) is 7.76. The summed E-state index contributed by atoms with van der Waals surface area (Å²) in [5.74, 6) is 0. The van der Waals surface area contributed by atoms with Crippen molar-refractivity contribution in [2.45, 2.75) is 43.6 Å². The van der Waals surface area contributed by atoms with Crippen LogP contribution in [0.3, 0.4) is 0 Å². The van der Waals surface area contributed by atoms with Crippen molar-refractivity contribution in [1.29, 1.82) is 0 Å². The summed E-state index contributed by atoms with van der Waals surface area (Å²) < 4.78 is 39.7. The van der Waals surface area contributed by atoms with Crippen molar-refractivity contribution in [3.05, 3.63) is 76.8 Å². The van der Waals surface area contributed by atoms with Gasteiger partial charge in [0, 0.05) is 16.0 Å². The average molecular weight is 486 g/mol. The van der Waals surface area contributed by atoms with Crippen molar-refractivity contribution in [2.24, 2.45) is 5.73 Å². The summed E-state index contributed by atoms with van der Waals surface area (Å²) in [5.41, 5.74) is 7.35. The zero-order valence-corrected chi connectivity index (χ0v) is 19.1. The Morgan fingerprint density at radius 2 is 1.74 bits per heavy atom. The van der Waals surface area contributed by atoms with Gasteiger partial charge in [0.2, 0.25) is 0 Å². The Kier molecular flexibility index (Phi) is 5.20. The molecule has 0 aliphatic heterocycles. The molecule has 0 bridgehead atoms. The lowest BCUT2D eigenvalue weighted by Gasteiger charge is -2.49. The SMILES string of the molecule is C[C@]1(O)C[C@@](N)(c2ccc(-c3sc4ncn(CC(F)(F)F)c(=O)c4c3-c3ccccc3)cc2)C1. The molecule has 0 radical (unpaired) electrons. The molecule has 1 aliphatic rings. The third-order valence-electron chi connectivity index (χ3n) is 6.21. The Morgan fingerprint density at radius 1 is 1.09 bits per heavy atom. The van der Waals surface area contributed by atoms with Gasteiger partial charge in [-0.3, -0.25) is 9.36 Å². The van der Waals surface area contributed by atoms with E-state index in [-0.39, 0.29) is 5.39 Å². The molecule has 34 heavy (non-hydrogen) atoms. The summed E-state index contributed by atoms with van der Waals surface area (Å²) >= 11 is 1.27. The lowest BCUT2D eigenvalue weighted by Crippen LogP contribution is -2.58. The summed E-state index contributed by atoms with van der Waals surface area (Å²) in [5, 5.41) is 10.3. The second-order valence-corrected chi connectivity index (χ2v) is 10.2. The van der Waals surface area contributed by atoms with E-state index in [0.717, 1.165) is 27.9 Å². The molecule has 0 unspecified atom stereocenters. The van der Waals surface area contributed by atoms with E-state index in [1.54, 1.807) is 6.92 Å². The van der Waals surface area contributed by atoms with E-state index < -0.39 is 29.4 Å². The van der Waals surface area contributed by atoms with Crippen LogP contribution < -0.4 is 11.3 Å². The first-order chi connectivity index (χ1) is 16.0. The summed E-state index contributed by atoms with van der Waals surface area (Å²) in [6, 6.07) is 16.7. The number of thiophene rings is 1. The average Bonchev–Trinajstić information content (AvgIpc) is 3.14. The first-order valence-corrected chi connectivity index (χ1v) is 11.5. The van der Waals surface area contributed by atoms with Crippen LogP contribution in [0.4, 0.5) is 13.2 Å².